The number of benzene rings is 1. The Labute approximate surface area is 106 Å². The van der Waals surface area contributed by atoms with Crippen molar-refractivity contribution >= 4 is 22.7 Å². The summed E-state index contributed by atoms with van der Waals surface area (Å²) in [6.45, 7) is 0.845. The minimum Gasteiger partial charge on any atom is -0.385 e. The highest BCUT2D eigenvalue weighted by Crippen LogP contribution is 2.16. The van der Waals surface area contributed by atoms with Gasteiger partial charge in [0, 0.05) is 24.9 Å². The van der Waals surface area contributed by atoms with Crippen molar-refractivity contribution in [3.8, 4) is 0 Å². The van der Waals surface area contributed by atoms with Crippen LogP contribution in [0.2, 0.25) is 0 Å². The number of methoxy groups -OCH3 is 1. The van der Waals surface area contributed by atoms with Crippen molar-refractivity contribution in [1.29, 1.82) is 0 Å². The molecule has 0 saturated heterocycles. The van der Waals surface area contributed by atoms with Crippen molar-refractivity contribution < 1.29 is 4.74 Å². The zero-order chi connectivity index (χ0) is 11.9. The van der Waals surface area contributed by atoms with Gasteiger partial charge in [0.25, 0.3) is 0 Å². The highest BCUT2D eigenvalue weighted by Gasteiger charge is 1.98. The number of aromatic nitrogens is 1. The summed E-state index contributed by atoms with van der Waals surface area (Å²) in [5, 5.41) is 1.21. The Bertz CT molecular complexity index is 472. The normalized spacial score (nSPS) is 10.9. The molecule has 1 aromatic carbocycles. The molecule has 0 aliphatic rings. The van der Waals surface area contributed by atoms with Gasteiger partial charge in [-0.05, 0) is 24.3 Å². The minimum absolute atomic E-state index is 0.845. The first-order valence-electron chi connectivity index (χ1n) is 5.81. The SMILES string of the molecule is COCCCSCc1ccc2ccccc2n1. The molecule has 0 bridgehead atoms. The Balaban J connectivity index is 1.90. The zero-order valence-electron chi connectivity index (χ0n) is 10.1. The lowest BCUT2D eigenvalue weighted by atomic mass is 10.2. The van der Waals surface area contributed by atoms with Crippen molar-refractivity contribution in [3.63, 3.8) is 0 Å². The molecule has 0 spiro atoms. The monoisotopic (exact) mass is 247 g/mol. The summed E-state index contributed by atoms with van der Waals surface area (Å²) >= 11 is 1.91. The lowest BCUT2D eigenvalue weighted by Crippen LogP contribution is -1.92. The molecule has 0 unspecified atom stereocenters. The van der Waals surface area contributed by atoms with Crippen molar-refractivity contribution in [2.75, 3.05) is 19.5 Å². The van der Waals surface area contributed by atoms with E-state index in [2.05, 4.69) is 29.2 Å². The molecule has 0 amide bonds. The molecule has 1 heterocycles. The number of para-hydroxylation sites is 1. The van der Waals surface area contributed by atoms with E-state index in [4.69, 9.17) is 4.74 Å². The molecule has 0 aliphatic heterocycles. The third-order valence-electron chi connectivity index (χ3n) is 2.54. The predicted octanol–water partition coefficient (Wildman–Crippen LogP) is 3.50. The Hall–Kier alpha value is -1.06. The van der Waals surface area contributed by atoms with Crippen molar-refractivity contribution in [3.05, 3.63) is 42.1 Å². The van der Waals surface area contributed by atoms with Crippen molar-refractivity contribution in [2.45, 2.75) is 12.2 Å². The van der Waals surface area contributed by atoms with E-state index < -0.39 is 0 Å². The van der Waals surface area contributed by atoms with Crippen LogP contribution in [-0.4, -0.2) is 24.5 Å². The first kappa shape index (κ1) is 12.4. The standard InChI is InChI=1S/C14H17NOS/c1-16-9-4-10-17-11-13-8-7-12-5-2-3-6-14(12)15-13/h2-3,5-8H,4,9-11H2,1H3. The van der Waals surface area contributed by atoms with Gasteiger partial charge in [-0.25, -0.2) is 0 Å². The smallest absolute Gasteiger partial charge is 0.0705 e. The quantitative estimate of drug-likeness (QED) is 0.729. The second-order valence-electron chi connectivity index (χ2n) is 3.89. The molecule has 0 atom stereocenters. The third kappa shape index (κ3) is 3.72. The van der Waals surface area contributed by atoms with E-state index in [1.165, 1.54) is 5.39 Å². The van der Waals surface area contributed by atoms with Crippen LogP contribution in [0.4, 0.5) is 0 Å². The van der Waals surface area contributed by atoms with Gasteiger partial charge in [0.2, 0.25) is 0 Å². The fourth-order valence-electron chi connectivity index (χ4n) is 1.67. The van der Waals surface area contributed by atoms with Gasteiger partial charge in [-0.15, -0.1) is 0 Å². The molecule has 90 valence electrons. The third-order valence-corrected chi connectivity index (χ3v) is 3.62. The molecular weight excluding hydrogens is 230 g/mol. The number of ether oxygens (including phenoxy) is 1. The summed E-state index contributed by atoms with van der Waals surface area (Å²) in [5.41, 5.74) is 2.24. The van der Waals surface area contributed by atoms with Crippen LogP contribution < -0.4 is 0 Å². The Kier molecular flexibility index (Phi) is 4.83. The molecule has 3 heteroatoms. The number of hydrogen-bond donors (Lipinski definition) is 0. The Morgan fingerprint density at radius 3 is 2.94 bits per heavy atom. The number of thioether (sulfide) groups is 1. The summed E-state index contributed by atoms with van der Waals surface area (Å²) in [6, 6.07) is 12.5. The number of rotatable bonds is 6. The van der Waals surface area contributed by atoms with Gasteiger partial charge < -0.3 is 4.74 Å². The minimum atomic E-state index is 0.845. The second-order valence-corrected chi connectivity index (χ2v) is 5.00. The van der Waals surface area contributed by atoms with E-state index in [0.717, 1.165) is 35.7 Å². The van der Waals surface area contributed by atoms with Gasteiger partial charge in [-0.2, -0.15) is 11.8 Å². The summed E-state index contributed by atoms with van der Waals surface area (Å²) in [6.07, 6.45) is 1.11. The summed E-state index contributed by atoms with van der Waals surface area (Å²) in [7, 11) is 1.75. The molecule has 17 heavy (non-hydrogen) atoms. The molecule has 2 rings (SSSR count). The van der Waals surface area contributed by atoms with Crippen LogP contribution in [0, 0.1) is 0 Å². The van der Waals surface area contributed by atoms with E-state index in [0.29, 0.717) is 0 Å². The molecule has 0 saturated carbocycles. The average Bonchev–Trinajstić information content (AvgIpc) is 2.38. The van der Waals surface area contributed by atoms with Crippen LogP contribution in [0.3, 0.4) is 0 Å². The van der Waals surface area contributed by atoms with Crippen LogP contribution in [-0.2, 0) is 10.5 Å². The highest BCUT2D eigenvalue weighted by atomic mass is 32.2. The van der Waals surface area contributed by atoms with Gasteiger partial charge in [0.05, 0.1) is 11.2 Å². The van der Waals surface area contributed by atoms with E-state index in [1.54, 1.807) is 7.11 Å². The van der Waals surface area contributed by atoms with Crippen molar-refractivity contribution in [1.82, 2.24) is 4.98 Å². The zero-order valence-corrected chi connectivity index (χ0v) is 10.9. The van der Waals surface area contributed by atoms with E-state index in [1.807, 2.05) is 23.9 Å². The molecule has 0 N–H and O–H groups in total. The molecule has 0 fully saturated rings. The van der Waals surface area contributed by atoms with E-state index in [-0.39, 0.29) is 0 Å². The fourth-order valence-corrected chi connectivity index (χ4v) is 2.51. The van der Waals surface area contributed by atoms with Crippen LogP contribution in [0.15, 0.2) is 36.4 Å². The summed E-state index contributed by atoms with van der Waals surface area (Å²) in [5.74, 6) is 2.11. The molecule has 1 aromatic heterocycles. The van der Waals surface area contributed by atoms with E-state index >= 15 is 0 Å². The number of pyridine rings is 1. The van der Waals surface area contributed by atoms with Crippen LogP contribution in [0.25, 0.3) is 10.9 Å². The topological polar surface area (TPSA) is 22.1 Å². The highest BCUT2D eigenvalue weighted by molar-refractivity contribution is 7.98. The van der Waals surface area contributed by atoms with Crippen LogP contribution >= 0.6 is 11.8 Å². The van der Waals surface area contributed by atoms with Gasteiger partial charge in [0.15, 0.2) is 0 Å². The van der Waals surface area contributed by atoms with Gasteiger partial charge in [0.1, 0.15) is 0 Å². The number of hydrogen-bond acceptors (Lipinski definition) is 3. The first-order chi connectivity index (χ1) is 8.40. The predicted molar refractivity (Wildman–Crippen MR) is 74.4 cm³/mol. The van der Waals surface area contributed by atoms with Gasteiger partial charge in [-0.3, -0.25) is 4.98 Å². The molecular formula is C14H17NOS. The maximum Gasteiger partial charge on any atom is 0.0705 e. The number of fused-ring (bicyclic) bond motifs is 1. The molecule has 2 aromatic rings. The molecule has 2 nitrogen and oxygen atoms in total. The first-order valence-corrected chi connectivity index (χ1v) is 6.97. The fraction of sp³-hybridized carbons (Fsp3) is 0.357. The lowest BCUT2D eigenvalue weighted by molar-refractivity contribution is 0.200. The summed E-state index contributed by atoms with van der Waals surface area (Å²) in [4.78, 5) is 4.64. The summed E-state index contributed by atoms with van der Waals surface area (Å²) < 4.78 is 5.02. The van der Waals surface area contributed by atoms with Gasteiger partial charge >= 0.3 is 0 Å². The van der Waals surface area contributed by atoms with E-state index in [9.17, 15) is 0 Å². The second kappa shape index (κ2) is 6.62. The number of nitrogens with zero attached hydrogens (tertiary/aromatic N) is 1. The lowest BCUT2D eigenvalue weighted by Gasteiger charge is -2.03. The average molecular weight is 247 g/mol. The van der Waals surface area contributed by atoms with Crippen LogP contribution in [0.5, 0.6) is 0 Å². The van der Waals surface area contributed by atoms with Crippen molar-refractivity contribution in [2.24, 2.45) is 0 Å². The van der Waals surface area contributed by atoms with Crippen LogP contribution in [0.1, 0.15) is 12.1 Å². The molecule has 0 aliphatic carbocycles. The molecule has 0 radical (unpaired) electrons. The maximum absolute atomic E-state index is 5.02. The Morgan fingerprint density at radius 2 is 2.06 bits per heavy atom. The largest absolute Gasteiger partial charge is 0.385 e. The maximum atomic E-state index is 5.02. The van der Waals surface area contributed by atoms with Gasteiger partial charge in [-0.1, -0.05) is 24.3 Å². The Morgan fingerprint density at radius 1 is 1.18 bits per heavy atom.